The Morgan fingerprint density at radius 2 is 2.15 bits per heavy atom. The van der Waals surface area contributed by atoms with Gasteiger partial charge in [0.25, 0.3) is 5.91 Å². The van der Waals surface area contributed by atoms with Gasteiger partial charge in [-0.3, -0.25) is 9.59 Å². The maximum atomic E-state index is 13.4. The smallest absolute Gasteiger partial charge is 0.260 e. The Hall–Kier alpha value is -1.10. The minimum atomic E-state index is -0.994. The number of nitrogens with zero attached hydrogens (tertiary/aromatic N) is 3. The van der Waals surface area contributed by atoms with E-state index in [9.17, 15) is 14.9 Å². The maximum Gasteiger partial charge on any atom is 0.260 e. The summed E-state index contributed by atoms with van der Waals surface area (Å²) in [5, 5.41) is 10.4. The fraction of sp³-hybridized carbons (Fsp3) is 0.611. The molecule has 26 heavy (non-hydrogen) atoms. The Balaban J connectivity index is 1.86. The van der Waals surface area contributed by atoms with Crippen molar-refractivity contribution in [3.8, 4) is 6.07 Å². The van der Waals surface area contributed by atoms with E-state index >= 15 is 0 Å². The van der Waals surface area contributed by atoms with E-state index in [-0.39, 0.29) is 35.1 Å². The third-order valence-electron chi connectivity index (χ3n) is 6.15. The second-order valence-corrected chi connectivity index (χ2v) is 10.8. The summed E-state index contributed by atoms with van der Waals surface area (Å²) >= 11 is 6.07. The van der Waals surface area contributed by atoms with Crippen molar-refractivity contribution in [2.24, 2.45) is 11.3 Å². The molecule has 0 radical (unpaired) electrons. The summed E-state index contributed by atoms with van der Waals surface area (Å²) in [5.41, 5.74) is -0.790. The van der Waals surface area contributed by atoms with E-state index in [2.05, 4.69) is 6.07 Å². The highest BCUT2D eigenvalue weighted by atomic mass is 35.5. The van der Waals surface area contributed by atoms with E-state index in [4.69, 9.17) is 11.6 Å². The normalized spacial score (nSPS) is 44.7. The van der Waals surface area contributed by atoms with Gasteiger partial charge in [0, 0.05) is 24.4 Å². The van der Waals surface area contributed by atoms with Crippen LogP contribution >= 0.6 is 33.2 Å². The van der Waals surface area contributed by atoms with Gasteiger partial charge in [-0.25, -0.2) is 0 Å². The third-order valence-corrected chi connectivity index (χ3v) is 9.86. The van der Waals surface area contributed by atoms with Gasteiger partial charge in [0.05, 0.1) is 23.6 Å². The number of allylic oxidation sites excluding steroid dienone is 3. The van der Waals surface area contributed by atoms with Crippen molar-refractivity contribution >= 4 is 45.0 Å². The van der Waals surface area contributed by atoms with Crippen LogP contribution in [0.4, 0.5) is 0 Å². The van der Waals surface area contributed by atoms with E-state index < -0.39 is 10.3 Å². The van der Waals surface area contributed by atoms with Crippen molar-refractivity contribution in [2.75, 3.05) is 7.05 Å². The van der Waals surface area contributed by atoms with E-state index in [1.165, 1.54) is 21.6 Å². The topological polar surface area (TPSA) is 64.4 Å². The molecule has 5 rings (SSSR count). The fourth-order valence-corrected chi connectivity index (χ4v) is 8.64. The average molecular weight is 410 g/mol. The molecule has 0 N–H and O–H groups in total. The monoisotopic (exact) mass is 409 g/mol. The van der Waals surface area contributed by atoms with Crippen LogP contribution in [-0.2, 0) is 9.59 Å². The highest BCUT2D eigenvalue weighted by Crippen LogP contribution is 2.63. The zero-order valence-electron chi connectivity index (χ0n) is 14.8. The van der Waals surface area contributed by atoms with Crippen LogP contribution in [0.1, 0.15) is 26.7 Å². The molecule has 4 heterocycles. The van der Waals surface area contributed by atoms with Crippen molar-refractivity contribution in [3.05, 3.63) is 23.3 Å². The predicted octanol–water partition coefficient (Wildman–Crippen LogP) is 3.14. The summed E-state index contributed by atoms with van der Waals surface area (Å²) in [6.07, 6.45) is 6.77. The van der Waals surface area contributed by atoms with Crippen molar-refractivity contribution in [1.82, 2.24) is 9.80 Å². The molecule has 5 nitrogen and oxygen atoms in total. The van der Waals surface area contributed by atoms with Gasteiger partial charge in [-0.2, -0.15) is 5.26 Å². The van der Waals surface area contributed by atoms with Crippen molar-refractivity contribution in [3.63, 3.8) is 0 Å². The third kappa shape index (κ3) is 2.25. The molecule has 6 atom stereocenters. The Morgan fingerprint density at radius 1 is 1.42 bits per heavy atom. The molecule has 0 aromatic rings. The summed E-state index contributed by atoms with van der Waals surface area (Å²) in [4.78, 5) is 29.3. The first-order valence-electron chi connectivity index (χ1n) is 8.65. The predicted molar refractivity (Wildman–Crippen MR) is 104 cm³/mol. The van der Waals surface area contributed by atoms with Gasteiger partial charge in [-0.15, -0.1) is 0 Å². The van der Waals surface area contributed by atoms with Crippen molar-refractivity contribution in [1.29, 1.82) is 5.26 Å². The molecule has 2 bridgehead atoms. The number of hydrogen-bond acceptors (Lipinski definition) is 5. The molecule has 4 fully saturated rings. The molecule has 5 aliphatic rings. The first-order valence-corrected chi connectivity index (χ1v) is 11.2. The second-order valence-electron chi connectivity index (χ2n) is 7.75. The Labute approximate surface area is 166 Å². The summed E-state index contributed by atoms with van der Waals surface area (Å²) in [6.45, 7) is 3.81. The van der Waals surface area contributed by atoms with Gasteiger partial charge < -0.3 is 9.80 Å². The number of likely N-dealkylation sites (N-methyl/N-ethyl adjacent to an activating group) is 1. The van der Waals surface area contributed by atoms with Crippen LogP contribution in [0.2, 0.25) is 0 Å². The zero-order valence-corrected chi connectivity index (χ0v) is 17.2. The van der Waals surface area contributed by atoms with Crippen molar-refractivity contribution < 1.29 is 9.59 Å². The molecule has 1 aliphatic carbocycles. The number of carbonyl (C=O) groups is 2. The SMILES string of the molecule is CC1C2SSC3(CC(C)(C#N)C(C4C=CC(Cl)=CC4)N3C2=O)C(=O)N1C. The van der Waals surface area contributed by atoms with E-state index in [0.717, 1.165) is 0 Å². The van der Waals surface area contributed by atoms with E-state index in [1.807, 2.05) is 32.1 Å². The lowest BCUT2D eigenvalue weighted by atomic mass is 9.74. The molecule has 6 unspecified atom stereocenters. The van der Waals surface area contributed by atoms with Crippen molar-refractivity contribution in [2.45, 2.75) is 48.9 Å². The lowest BCUT2D eigenvalue weighted by Gasteiger charge is -2.44. The summed E-state index contributed by atoms with van der Waals surface area (Å²) in [5.74, 6) is -0.103. The minimum absolute atomic E-state index is 0.0167. The van der Waals surface area contributed by atoms with Crippen LogP contribution in [-0.4, -0.2) is 50.9 Å². The van der Waals surface area contributed by atoms with Gasteiger partial charge in [0.15, 0.2) is 4.87 Å². The van der Waals surface area contributed by atoms with Crippen LogP contribution in [0.15, 0.2) is 23.3 Å². The summed E-state index contributed by atoms with van der Waals surface area (Å²) < 4.78 is 0. The molecule has 4 aliphatic heterocycles. The number of fused-ring (bicyclic) bond motifs is 3. The molecule has 0 aromatic heterocycles. The molecule has 0 saturated carbocycles. The quantitative estimate of drug-likeness (QED) is 0.622. The zero-order chi connectivity index (χ0) is 18.9. The first-order chi connectivity index (χ1) is 12.2. The lowest BCUT2D eigenvalue weighted by molar-refractivity contribution is -0.143. The Kier molecular flexibility index (Phi) is 4.18. The number of nitriles is 1. The van der Waals surface area contributed by atoms with Crippen LogP contribution in [0.3, 0.4) is 0 Å². The van der Waals surface area contributed by atoms with Crippen LogP contribution in [0.5, 0.6) is 0 Å². The van der Waals surface area contributed by atoms with Crippen LogP contribution in [0, 0.1) is 22.7 Å². The van der Waals surface area contributed by atoms with Gasteiger partial charge in [0.1, 0.15) is 5.25 Å². The van der Waals surface area contributed by atoms with Crippen LogP contribution in [0.25, 0.3) is 0 Å². The molecule has 0 aromatic carbocycles. The molecule has 2 amide bonds. The first kappa shape index (κ1) is 18.3. The number of rotatable bonds is 1. The number of amides is 2. The highest BCUT2D eigenvalue weighted by Gasteiger charge is 2.70. The molecular formula is C18H20ClN3O2S2. The average Bonchev–Trinajstić information content (AvgIpc) is 2.85. The summed E-state index contributed by atoms with van der Waals surface area (Å²) in [7, 11) is 4.73. The molecular weight excluding hydrogens is 390 g/mol. The molecule has 4 saturated heterocycles. The molecule has 138 valence electrons. The maximum absolute atomic E-state index is 13.4. The van der Waals surface area contributed by atoms with Gasteiger partial charge in [-0.05, 0) is 26.3 Å². The Morgan fingerprint density at radius 3 is 2.77 bits per heavy atom. The molecule has 8 heteroatoms. The highest BCUT2D eigenvalue weighted by molar-refractivity contribution is 8.77. The number of hydrogen-bond donors (Lipinski definition) is 0. The standard InChI is InChI=1S/C18H20ClN3O2S2/c1-10-13-15(23)22-14(11-4-6-12(19)7-5-11)17(2,9-20)8-18(22,26-25-13)16(24)21(10)3/h4,6-7,10-11,13-14H,5,8H2,1-3H3. The van der Waals surface area contributed by atoms with Gasteiger partial charge >= 0.3 is 0 Å². The molecule has 1 spiro atoms. The number of carbonyl (C=O) groups excluding carboxylic acids is 2. The number of halogens is 1. The second kappa shape index (κ2) is 5.95. The van der Waals surface area contributed by atoms with Crippen LogP contribution < -0.4 is 0 Å². The summed E-state index contributed by atoms with van der Waals surface area (Å²) in [6, 6.07) is 1.94. The van der Waals surface area contributed by atoms with E-state index in [0.29, 0.717) is 17.9 Å². The van der Waals surface area contributed by atoms with Gasteiger partial charge in [0.2, 0.25) is 5.91 Å². The minimum Gasteiger partial charge on any atom is -0.339 e. The Bertz CT molecular complexity index is 794. The largest absolute Gasteiger partial charge is 0.339 e. The lowest BCUT2D eigenvalue weighted by Crippen LogP contribution is -2.58. The fourth-order valence-electron chi connectivity index (χ4n) is 4.67. The van der Waals surface area contributed by atoms with Gasteiger partial charge in [-0.1, -0.05) is 45.3 Å². The van der Waals surface area contributed by atoms with E-state index in [1.54, 1.807) is 16.8 Å².